The van der Waals surface area contributed by atoms with Crippen LogP contribution in [0.25, 0.3) is 0 Å². The average molecular weight is 291 g/mol. The lowest BCUT2D eigenvalue weighted by Crippen LogP contribution is -2.19. The van der Waals surface area contributed by atoms with Gasteiger partial charge in [-0.3, -0.25) is 0 Å². The first kappa shape index (κ1) is 14.3. The van der Waals surface area contributed by atoms with Crippen LogP contribution in [0, 0.1) is 17.1 Å². The van der Waals surface area contributed by atoms with Crippen LogP contribution in [0.3, 0.4) is 0 Å². The van der Waals surface area contributed by atoms with Crippen molar-refractivity contribution in [3.63, 3.8) is 0 Å². The lowest BCUT2D eigenvalue weighted by molar-refractivity contribution is 0.212. The topological polar surface area (TPSA) is 59.0 Å². The summed E-state index contributed by atoms with van der Waals surface area (Å²) >= 11 is 5.82. The number of halogens is 2. The second-order valence-electron chi connectivity index (χ2n) is 4.12. The Balaban J connectivity index is 2.30. The fourth-order valence-corrected chi connectivity index (χ4v) is 1.92. The summed E-state index contributed by atoms with van der Waals surface area (Å²) in [6.45, 7) is 0.197. The van der Waals surface area contributed by atoms with Gasteiger partial charge in [-0.1, -0.05) is 29.8 Å². The van der Waals surface area contributed by atoms with E-state index in [1.807, 2.05) is 0 Å². The third-order valence-corrected chi connectivity index (χ3v) is 3.06. The first-order valence-electron chi connectivity index (χ1n) is 5.96. The molecule has 2 rings (SSSR count). The quantitative estimate of drug-likeness (QED) is 0.938. The highest BCUT2D eigenvalue weighted by Gasteiger charge is 2.16. The van der Waals surface area contributed by atoms with Crippen LogP contribution in [0.2, 0.25) is 5.02 Å². The zero-order valence-electron chi connectivity index (χ0n) is 10.5. The second-order valence-corrected chi connectivity index (χ2v) is 4.55. The number of nitriles is 1. The molecule has 20 heavy (non-hydrogen) atoms. The van der Waals surface area contributed by atoms with Gasteiger partial charge >= 0.3 is 0 Å². The minimum Gasteiger partial charge on any atom is -0.483 e. The number of ether oxygens (including phenoxy) is 1. The number of hydrogen-bond acceptors (Lipinski definition) is 3. The maximum Gasteiger partial charge on any atom is 0.144 e. The monoisotopic (exact) mass is 290 g/mol. The molecule has 1 unspecified atom stereocenters. The third-order valence-electron chi connectivity index (χ3n) is 2.81. The van der Waals surface area contributed by atoms with Crippen molar-refractivity contribution >= 4 is 11.6 Å². The van der Waals surface area contributed by atoms with Crippen LogP contribution in [-0.2, 0) is 0 Å². The molecule has 0 aliphatic rings. The van der Waals surface area contributed by atoms with E-state index in [2.05, 4.69) is 0 Å². The Labute approximate surface area is 121 Å². The van der Waals surface area contributed by atoms with E-state index < -0.39 is 11.9 Å². The smallest absolute Gasteiger partial charge is 0.144 e. The van der Waals surface area contributed by atoms with Crippen LogP contribution in [0.4, 0.5) is 4.39 Å². The van der Waals surface area contributed by atoms with E-state index in [-0.39, 0.29) is 17.9 Å². The molecule has 2 N–H and O–H groups in total. The van der Waals surface area contributed by atoms with Crippen LogP contribution in [0.15, 0.2) is 42.5 Å². The van der Waals surface area contributed by atoms with Crippen LogP contribution in [0.5, 0.6) is 5.75 Å². The second kappa shape index (κ2) is 6.38. The summed E-state index contributed by atoms with van der Waals surface area (Å²) in [5.41, 5.74) is 6.37. The lowest BCUT2D eigenvalue weighted by Gasteiger charge is -2.18. The summed E-state index contributed by atoms with van der Waals surface area (Å²) < 4.78 is 19.2. The van der Waals surface area contributed by atoms with Gasteiger partial charge in [-0.15, -0.1) is 0 Å². The predicted octanol–water partition coefficient (Wildman–Crippen LogP) is 3.43. The van der Waals surface area contributed by atoms with Gasteiger partial charge < -0.3 is 10.5 Å². The molecular weight excluding hydrogens is 279 g/mol. The van der Waals surface area contributed by atoms with Gasteiger partial charge in [0.25, 0.3) is 0 Å². The Bertz CT molecular complexity index is 637. The SMILES string of the molecule is N#Cc1c(F)cccc1OC(CN)c1ccc(Cl)cc1. The van der Waals surface area contributed by atoms with E-state index in [0.29, 0.717) is 5.02 Å². The highest BCUT2D eigenvalue weighted by atomic mass is 35.5. The summed E-state index contributed by atoms with van der Waals surface area (Å²) in [4.78, 5) is 0. The molecule has 0 spiro atoms. The molecule has 0 bridgehead atoms. The van der Waals surface area contributed by atoms with Gasteiger partial charge in [0, 0.05) is 11.6 Å². The van der Waals surface area contributed by atoms with E-state index in [1.54, 1.807) is 36.4 Å². The Kier molecular flexibility index (Phi) is 4.57. The predicted molar refractivity (Wildman–Crippen MR) is 75.0 cm³/mol. The Hall–Kier alpha value is -2.09. The molecule has 0 radical (unpaired) electrons. The zero-order chi connectivity index (χ0) is 14.5. The lowest BCUT2D eigenvalue weighted by atomic mass is 10.1. The fourth-order valence-electron chi connectivity index (χ4n) is 1.79. The summed E-state index contributed by atoms with van der Waals surface area (Å²) in [6.07, 6.45) is -0.471. The van der Waals surface area contributed by atoms with Crippen LogP contribution in [0.1, 0.15) is 17.2 Å². The molecule has 0 fully saturated rings. The van der Waals surface area contributed by atoms with Gasteiger partial charge in [-0.05, 0) is 29.8 Å². The molecule has 0 heterocycles. The molecule has 1 atom stereocenters. The maximum absolute atomic E-state index is 13.5. The minimum absolute atomic E-state index is 0.125. The largest absolute Gasteiger partial charge is 0.483 e. The van der Waals surface area contributed by atoms with Crippen LogP contribution in [-0.4, -0.2) is 6.54 Å². The third kappa shape index (κ3) is 3.08. The maximum atomic E-state index is 13.5. The van der Waals surface area contributed by atoms with Gasteiger partial charge in [-0.25, -0.2) is 4.39 Å². The van der Waals surface area contributed by atoms with Crippen molar-refractivity contribution < 1.29 is 9.13 Å². The highest BCUT2D eigenvalue weighted by molar-refractivity contribution is 6.30. The van der Waals surface area contributed by atoms with Crippen molar-refractivity contribution in [2.24, 2.45) is 5.73 Å². The van der Waals surface area contributed by atoms with Gasteiger partial charge in [0.2, 0.25) is 0 Å². The van der Waals surface area contributed by atoms with Crippen molar-refractivity contribution in [3.8, 4) is 11.8 Å². The molecule has 5 heteroatoms. The minimum atomic E-state index is -0.614. The molecule has 2 aromatic carbocycles. The van der Waals surface area contributed by atoms with E-state index in [4.69, 9.17) is 27.3 Å². The van der Waals surface area contributed by atoms with Gasteiger partial charge in [0.15, 0.2) is 0 Å². The molecule has 102 valence electrons. The molecule has 2 aromatic rings. The molecule has 0 saturated carbocycles. The first-order valence-corrected chi connectivity index (χ1v) is 6.34. The van der Waals surface area contributed by atoms with Gasteiger partial charge in [0.1, 0.15) is 29.3 Å². The Morgan fingerprint density at radius 1 is 1.25 bits per heavy atom. The molecule has 0 amide bonds. The van der Waals surface area contributed by atoms with Crippen molar-refractivity contribution in [2.75, 3.05) is 6.54 Å². The van der Waals surface area contributed by atoms with Crippen molar-refractivity contribution in [2.45, 2.75) is 6.10 Å². The highest BCUT2D eigenvalue weighted by Crippen LogP contribution is 2.26. The molecular formula is C15H12ClFN2O. The number of nitrogens with two attached hydrogens (primary N) is 1. The summed E-state index contributed by atoms with van der Waals surface area (Å²) in [5, 5.41) is 9.58. The van der Waals surface area contributed by atoms with E-state index in [9.17, 15) is 4.39 Å². The van der Waals surface area contributed by atoms with E-state index in [1.165, 1.54) is 12.1 Å². The number of benzene rings is 2. The number of hydrogen-bond donors (Lipinski definition) is 1. The number of nitrogens with zero attached hydrogens (tertiary/aromatic N) is 1. The van der Waals surface area contributed by atoms with Crippen LogP contribution >= 0.6 is 11.6 Å². The van der Waals surface area contributed by atoms with Crippen LogP contribution < -0.4 is 10.5 Å². The molecule has 0 aliphatic heterocycles. The van der Waals surface area contributed by atoms with Crippen molar-refractivity contribution in [3.05, 3.63) is 64.4 Å². The zero-order valence-corrected chi connectivity index (χ0v) is 11.3. The molecule has 0 aromatic heterocycles. The van der Waals surface area contributed by atoms with E-state index >= 15 is 0 Å². The summed E-state index contributed by atoms with van der Waals surface area (Å²) in [6, 6.07) is 13.0. The summed E-state index contributed by atoms with van der Waals surface area (Å²) in [7, 11) is 0. The first-order chi connectivity index (χ1) is 9.65. The van der Waals surface area contributed by atoms with Gasteiger partial charge in [-0.2, -0.15) is 5.26 Å². The van der Waals surface area contributed by atoms with Crippen molar-refractivity contribution in [1.82, 2.24) is 0 Å². The Morgan fingerprint density at radius 3 is 2.55 bits per heavy atom. The summed E-state index contributed by atoms with van der Waals surface area (Å²) in [5.74, 6) is -0.435. The molecule has 0 saturated heterocycles. The Morgan fingerprint density at radius 2 is 1.95 bits per heavy atom. The number of rotatable bonds is 4. The molecule has 0 aliphatic carbocycles. The average Bonchev–Trinajstić information content (AvgIpc) is 2.46. The standard InChI is InChI=1S/C15H12ClFN2O/c16-11-6-4-10(5-7-11)15(9-19)20-14-3-1-2-13(17)12(14)8-18/h1-7,15H,9,19H2. The molecule has 3 nitrogen and oxygen atoms in total. The van der Waals surface area contributed by atoms with Crippen molar-refractivity contribution in [1.29, 1.82) is 5.26 Å². The fraction of sp³-hybridized carbons (Fsp3) is 0.133. The van der Waals surface area contributed by atoms with Gasteiger partial charge in [0.05, 0.1) is 0 Å². The normalized spacial score (nSPS) is 11.7. The van der Waals surface area contributed by atoms with E-state index in [0.717, 1.165) is 5.56 Å².